The van der Waals surface area contributed by atoms with E-state index in [0.717, 1.165) is 28.9 Å². The number of alkyl carbamates (subject to hydrolysis) is 1. The normalized spacial score (nSPS) is 20.1. The van der Waals surface area contributed by atoms with Gasteiger partial charge in [0.25, 0.3) is 11.8 Å². The number of hydrogen-bond donors (Lipinski definition) is 2. The second-order valence-corrected chi connectivity index (χ2v) is 6.67. The Morgan fingerprint density at radius 1 is 1.21 bits per heavy atom. The number of carbonyl (C=O) groups excluding carboxylic acids is 5. The number of imide groups is 2. The Kier molecular flexibility index (Phi) is 5.81. The van der Waals surface area contributed by atoms with Crippen molar-refractivity contribution in [3.05, 3.63) is 35.4 Å². The second-order valence-electron chi connectivity index (χ2n) is 6.67. The summed E-state index contributed by atoms with van der Waals surface area (Å²) in [5.41, 5.74) is 0.523. The first-order valence-electron chi connectivity index (χ1n) is 9.22. The molecule has 0 aromatic heterocycles. The smallest absolute Gasteiger partial charge is 0.413 e. The van der Waals surface area contributed by atoms with Crippen LogP contribution in [0.3, 0.4) is 0 Å². The van der Waals surface area contributed by atoms with Crippen molar-refractivity contribution in [2.45, 2.75) is 31.7 Å². The number of urea groups is 1. The number of hydrogen-bond acceptors (Lipinski definition) is 7. The molecule has 2 aliphatic rings. The largest absolute Gasteiger partial charge is 0.454 e. The Hall–Kier alpha value is -3.43. The molecule has 1 aliphatic heterocycles. The van der Waals surface area contributed by atoms with Crippen molar-refractivity contribution in [3.63, 3.8) is 0 Å². The molecule has 0 saturated carbocycles. The van der Waals surface area contributed by atoms with E-state index >= 15 is 0 Å². The van der Waals surface area contributed by atoms with Crippen LogP contribution in [0.2, 0.25) is 0 Å². The molecule has 2 N–H and O–H groups in total. The van der Waals surface area contributed by atoms with Crippen LogP contribution in [0.25, 0.3) is 0 Å². The number of nitrogens with one attached hydrogen (secondary N) is 2. The van der Waals surface area contributed by atoms with Gasteiger partial charge in [-0.3, -0.25) is 24.6 Å². The highest BCUT2D eigenvalue weighted by molar-refractivity contribution is 6.09. The van der Waals surface area contributed by atoms with Crippen molar-refractivity contribution in [2.24, 2.45) is 0 Å². The fraction of sp³-hybridized carbons (Fsp3) is 0.421. The third kappa shape index (κ3) is 4.05. The summed E-state index contributed by atoms with van der Waals surface area (Å²) in [5.74, 6) is -2.36. The summed E-state index contributed by atoms with van der Waals surface area (Å²) >= 11 is 0. The van der Waals surface area contributed by atoms with Gasteiger partial charge in [0.2, 0.25) is 0 Å². The molecule has 1 aromatic rings. The summed E-state index contributed by atoms with van der Waals surface area (Å²) < 4.78 is 9.28. The quantitative estimate of drug-likeness (QED) is 0.543. The zero-order valence-electron chi connectivity index (χ0n) is 15.9. The van der Waals surface area contributed by atoms with E-state index in [1.807, 2.05) is 17.4 Å². The summed E-state index contributed by atoms with van der Waals surface area (Å²) in [7, 11) is 0. The lowest BCUT2D eigenvalue weighted by atomic mass is 9.76. The first-order chi connectivity index (χ1) is 13.9. The van der Waals surface area contributed by atoms with Gasteiger partial charge in [-0.05, 0) is 37.3 Å². The average Bonchev–Trinajstić information content (AvgIpc) is 2.92. The zero-order chi connectivity index (χ0) is 21.0. The number of fused-ring (bicyclic) bond motifs is 2. The van der Waals surface area contributed by atoms with E-state index in [1.165, 1.54) is 0 Å². The molecule has 1 spiro atoms. The Balaban J connectivity index is 1.62. The molecule has 29 heavy (non-hydrogen) atoms. The van der Waals surface area contributed by atoms with Gasteiger partial charge in [-0.15, -0.1) is 0 Å². The van der Waals surface area contributed by atoms with Crippen molar-refractivity contribution in [3.8, 4) is 0 Å². The van der Waals surface area contributed by atoms with Crippen LogP contribution < -0.4 is 10.6 Å². The summed E-state index contributed by atoms with van der Waals surface area (Å²) in [6.07, 6.45) is 0.997. The number of amides is 5. The van der Waals surface area contributed by atoms with E-state index in [9.17, 15) is 24.0 Å². The van der Waals surface area contributed by atoms with Crippen molar-refractivity contribution < 1.29 is 33.4 Å². The second kappa shape index (κ2) is 8.29. The van der Waals surface area contributed by atoms with Gasteiger partial charge in [0.1, 0.15) is 12.1 Å². The number of aryl methyl sites for hydroxylation is 1. The molecule has 0 radical (unpaired) electrons. The minimum absolute atomic E-state index is 0.0793. The summed E-state index contributed by atoms with van der Waals surface area (Å²) in [6, 6.07) is 6.68. The van der Waals surface area contributed by atoms with E-state index < -0.39 is 48.6 Å². The monoisotopic (exact) mass is 403 g/mol. The SMILES string of the molecule is CCOC(=O)NC(=O)COC(=O)CN1C(=O)N[C@@]2(CCCc3ccccc32)C1=O. The highest BCUT2D eigenvalue weighted by Gasteiger charge is 2.54. The van der Waals surface area contributed by atoms with Crippen LogP contribution in [0.5, 0.6) is 0 Å². The molecule has 154 valence electrons. The van der Waals surface area contributed by atoms with E-state index in [-0.39, 0.29) is 6.61 Å². The lowest BCUT2D eigenvalue weighted by molar-refractivity contribution is -0.151. The van der Waals surface area contributed by atoms with Crippen LogP contribution in [0.4, 0.5) is 9.59 Å². The molecule has 1 aliphatic carbocycles. The van der Waals surface area contributed by atoms with Gasteiger partial charge < -0.3 is 14.8 Å². The van der Waals surface area contributed by atoms with Crippen molar-refractivity contribution in [1.29, 1.82) is 0 Å². The number of nitrogens with zero attached hydrogens (tertiary/aromatic N) is 1. The standard InChI is InChI=1S/C19H21N3O7/c1-2-28-18(27)20-14(23)11-29-15(24)10-22-16(25)19(21-17(22)26)9-5-7-12-6-3-4-8-13(12)19/h3-4,6,8H,2,5,7,9-11H2,1H3,(H,21,26)(H,20,23,27)/t19-/m1/s1. The fourth-order valence-electron chi connectivity index (χ4n) is 3.59. The molecule has 10 heteroatoms. The first kappa shape index (κ1) is 20.3. The van der Waals surface area contributed by atoms with Gasteiger partial charge in [0.15, 0.2) is 6.61 Å². The number of carbonyl (C=O) groups is 5. The fourth-order valence-corrected chi connectivity index (χ4v) is 3.59. The van der Waals surface area contributed by atoms with Crippen molar-refractivity contribution >= 4 is 29.9 Å². The van der Waals surface area contributed by atoms with Gasteiger partial charge in [-0.2, -0.15) is 0 Å². The predicted molar refractivity (Wildman–Crippen MR) is 97.4 cm³/mol. The maximum absolute atomic E-state index is 13.0. The molecule has 1 atom stereocenters. The van der Waals surface area contributed by atoms with Crippen LogP contribution in [0.15, 0.2) is 24.3 Å². The van der Waals surface area contributed by atoms with E-state index in [2.05, 4.69) is 10.1 Å². The van der Waals surface area contributed by atoms with Gasteiger partial charge >= 0.3 is 18.1 Å². The average molecular weight is 403 g/mol. The van der Waals surface area contributed by atoms with Gasteiger partial charge in [0, 0.05) is 0 Å². The highest BCUT2D eigenvalue weighted by Crippen LogP contribution is 2.39. The van der Waals surface area contributed by atoms with Crippen LogP contribution in [0, 0.1) is 0 Å². The molecule has 1 saturated heterocycles. The number of rotatable bonds is 5. The van der Waals surface area contributed by atoms with E-state index in [4.69, 9.17) is 4.74 Å². The molecular formula is C19H21N3O7. The van der Waals surface area contributed by atoms with Crippen LogP contribution in [-0.2, 0) is 35.8 Å². The lowest BCUT2D eigenvalue weighted by Crippen LogP contribution is -2.47. The number of esters is 1. The third-order valence-corrected chi connectivity index (χ3v) is 4.82. The molecule has 0 bridgehead atoms. The Bertz CT molecular complexity index is 869. The van der Waals surface area contributed by atoms with E-state index in [0.29, 0.717) is 6.42 Å². The molecule has 1 heterocycles. The molecule has 5 amide bonds. The Labute approximate surface area is 166 Å². The first-order valence-corrected chi connectivity index (χ1v) is 9.22. The van der Waals surface area contributed by atoms with Gasteiger partial charge in [-0.25, -0.2) is 9.59 Å². The molecule has 10 nitrogen and oxygen atoms in total. The summed E-state index contributed by atoms with van der Waals surface area (Å²) in [4.78, 5) is 60.9. The van der Waals surface area contributed by atoms with E-state index in [1.54, 1.807) is 19.1 Å². The summed E-state index contributed by atoms with van der Waals surface area (Å²) in [5, 5.41) is 4.59. The molecule has 3 rings (SSSR count). The third-order valence-electron chi connectivity index (χ3n) is 4.82. The molecule has 1 fully saturated rings. The van der Waals surface area contributed by atoms with Crippen molar-refractivity contribution in [2.75, 3.05) is 19.8 Å². The van der Waals surface area contributed by atoms with Gasteiger partial charge in [-0.1, -0.05) is 24.3 Å². The Morgan fingerprint density at radius 3 is 2.72 bits per heavy atom. The summed E-state index contributed by atoms with van der Waals surface area (Å²) in [6.45, 7) is 0.270. The minimum atomic E-state index is -1.19. The Morgan fingerprint density at radius 2 is 1.97 bits per heavy atom. The van der Waals surface area contributed by atoms with Crippen molar-refractivity contribution in [1.82, 2.24) is 15.5 Å². The molecular weight excluding hydrogens is 382 g/mol. The van der Waals surface area contributed by atoms with Crippen LogP contribution >= 0.6 is 0 Å². The zero-order valence-corrected chi connectivity index (χ0v) is 15.9. The highest BCUT2D eigenvalue weighted by atomic mass is 16.6. The number of benzene rings is 1. The lowest BCUT2D eigenvalue weighted by Gasteiger charge is -2.33. The maximum Gasteiger partial charge on any atom is 0.413 e. The van der Waals surface area contributed by atoms with Crippen LogP contribution in [0.1, 0.15) is 30.9 Å². The topological polar surface area (TPSA) is 131 Å². The molecule has 1 aromatic carbocycles. The predicted octanol–water partition coefficient (Wildman–Crippen LogP) is 0.586. The van der Waals surface area contributed by atoms with Gasteiger partial charge in [0.05, 0.1) is 6.61 Å². The van der Waals surface area contributed by atoms with Crippen LogP contribution in [-0.4, -0.2) is 54.6 Å². The minimum Gasteiger partial charge on any atom is -0.454 e. The maximum atomic E-state index is 13.0. The number of ether oxygens (including phenoxy) is 2. The molecule has 0 unspecified atom stereocenters.